The molecule has 7 heteroatoms. The first-order valence-electron chi connectivity index (χ1n) is 5.90. The molecule has 0 radical (unpaired) electrons. The van der Waals surface area contributed by atoms with Crippen molar-refractivity contribution in [1.82, 2.24) is 5.43 Å². The van der Waals surface area contributed by atoms with E-state index in [1.54, 1.807) is 18.2 Å². The van der Waals surface area contributed by atoms with Gasteiger partial charge in [-0.3, -0.25) is 5.43 Å². The summed E-state index contributed by atoms with van der Waals surface area (Å²) in [6.45, 7) is 0. The molecule has 1 aliphatic carbocycles. The van der Waals surface area contributed by atoms with E-state index >= 15 is 0 Å². The number of hydrogen-bond donors (Lipinski definition) is 2. The molecule has 2 aromatic rings. The molecule has 0 saturated heterocycles. The molecule has 3 nitrogen and oxygen atoms in total. The SMILES string of the molecule is NC(=S)N/N=C1\c2cc(Cl)ccc2-c2c(Cl)cc(Cl)cc21. The van der Waals surface area contributed by atoms with Crippen LogP contribution in [0.3, 0.4) is 0 Å². The highest BCUT2D eigenvalue weighted by atomic mass is 35.5. The van der Waals surface area contributed by atoms with E-state index in [-0.39, 0.29) is 5.11 Å². The third-order valence-corrected chi connectivity index (χ3v) is 3.94. The smallest absolute Gasteiger partial charge is 0.184 e. The monoisotopic (exact) mass is 355 g/mol. The Kier molecular flexibility index (Phi) is 3.80. The highest BCUT2D eigenvalue weighted by molar-refractivity contribution is 7.80. The Morgan fingerprint density at radius 3 is 2.43 bits per heavy atom. The van der Waals surface area contributed by atoms with Crippen LogP contribution in [-0.4, -0.2) is 10.8 Å². The van der Waals surface area contributed by atoms with Crippen LogP contribution in [-0.2, 0) is 0 Å². The molecule has 0 atom stereocenters. The van der Waals surface area contributed by atoms with Crippen molar-refractivity contribution in [3.05, 3.63) is 56.5 Å². The second-order valence-electron chi connectivity index (χ2n) is 4.44. The number of hydrazone groups is 1. The predicted octanol–water partition coefficient (Wildman–Crippen LogP) is 4.21. The second kappa shape index (κ2) is 5.46. The summed E-state index contributed by atoms with van der Waals surface area (Å²) in [6, 6.07) is 9.03. The quantitative estimate of drug-likeness (QED) is 0.507. The topological polar surface area (TPSA) is 50.4 Å². The zero-order valence-corrected chi connectivity index (χ0v) is 13.5. The highest BCUT2D eigenvalue weighted by Crippen LogP contribution is 2.43. The number of thiocarbonyl (C=S) groups is 1. The number of halogens is 3. The van der Waals surface area contributed by atoms with Gasteiger partial charge in [-0.05, 0) is 42.0 Å². The van der Waals surface area contributed by atoms with Crippen molar-refractivity contribution in [2.75, 3.05) is 0 Å². The van der Waals surface area contributed by atoms with Crippen molar-refractivity contribution in [1.29, 1.82) is 0 Å². The van der Waals surface area contributed by atoms with E-state index in [1.807, 2.05) is 12.1 Å². The van der Waals surface area contributed by atoms with Gasteiger partial charge in [0.05, 0.1) is 10.7 Å². The Morgan fingerprint density at radius 2 is 1.71 bits per heavy atom. The first-order valence-corrected chi connectivity index (χ1v) is 7.44. The minimum atomic E-state index is 0.0765. The summed E-state index contributed by atoms with van der Waals surface area (Å²) in [4.78, 5) is 0. The lowest BCUT2D eigenvalue weighted by Crippen LogP contribution is -2.25. The fourth-order valence-corrected chi connectivity index (χ4v) is 3.15. The molecule has 0 heterocycles. The van der Waals surface area contributed by atoms with Gasteiger partial charge in [0.25, 0.3) is 0 Å². The zero-order valence-electron chi connectivity index (χ0n) is 10.5. The third kappa shape index (κ3) is 2.60. The molecular formula is C14H8Cl3N3S. The predicted molar refractivity (Wildman–Crippen MR) is 92.5 cm³/mol. The number of benzene rings is 2. The summed E-state index contributed by atoms with van der Waals surface area (Å²) in [5, 5.41) is 6.02. The van der Waals surface area contributed by atoms with Crippen LogP contribution in [0, 0.1) is 0 Å². The summed E-state index contributed by atoms with van der Waals surface area (Å²) in [6.07, 6.45) is 0. The summed E-state index contributed by atoms with van der Waals surface area (Å²) in [7, 11) is 0. The van der Waals surface area contributed by atoms with E-state index in [4.69, 9.17) is 52.8 Å². The van der Waals surface area contributed by atoms with Crippen LogP contribution < -0.4 is 11.2 Å². The number of nitrogens with zero attached hydrogens (tertiary/aromatic N) is 1. The van der Waals surface area contributed by atoms with E-state index in [0.717, 1.165) is 22.3 Å². The molecule has 3 rings (SSSR count). The molecule has 21 heavy (non-hydrogen) atoms. The van der Waals surface area contributed by atoms with Crippen LogP contribution in [0.1, 0.15) is 11.1 Å². The Balaban J connectivity index is 2.30. The molecule has 3 N–H and O–H groups in total. The van der Waals surface area contributed by atoms with E-state index in [2.05, 4.69) is 10.5 Å². The lowest BCUT2D eigenvalue weighted by atomic mass is 10.1. The van der Waals surface area contributed by atoms with Gasteiger partial charge < -0.3 is 5.73 Å². The Hall–Kier alpha value is -1.33. The van der Waals surface area contributed by atoms with Crippen LogP contribution in [0.5, 0.6) is 0 Å². The van der Waals surface area contributed by atoms with Crippen LogP contribution in [0.4, 0.5) is 0 Å². The largest absolute Gasteiger partial charge is 0.375 e. The summed E-state index contributed by atoms with van der Waals surface area (Å²) >= 11 is 23.3. The molecule has 0 amide bonds. The number of hydrogen-bond acceptors (Lipinski definition) is 2. The maximum atomic E-state index is 6.33. The average Bonchev–Trinajstić information content (AvgIpc) is 2.69. The number of fused-ring (bicyclic) bond motifs is 3. The van der Waals surface area contributed by atoms with Gasteiger partial charge in [0, 0.05) is 26.7 Å². The molecule has 106 valence electrons. The lowest BCUT2D eigenvalue weighted by Gasteiger charge is -2.04. The van der Waals surface area contributed by atoms with Crippen LogP contribution >= 0.6 is 47.0 Å². The van der Waals surface area contributed by atoms with Gasteiger partial charge in [-0.15, -0.1) is 0 Å². The van der Waals surface area contributed by atoms with Crippen molar-refractivity contribution >= 4 is 57.8 Å². The standard InChI is InChI=1S/C14H8Cl3N3S/c15-6-1-2-8-9(3-6)13(19-20-14(18)21)10-4-7(16)5-11(17)12(8)10/h1-5H,(H3,18,20,21)/b19-13+. The molecule has 0 saturated carbocycles. The van der Waals surface area contributed by atoms with Crippen molar-refractivity contribution in [3.63, 3.8) is 0 Å². The molecule has 0 spiro atoms. The van der Waals surface area contributed by atoms with Gasteiger partial charge in [0.1, 0.15) is 0 Å². The fraction of sp³-hybridized carbons (Fsp3) is 0. The molecule has 0 aliphatic heterocycles. The van der Waals surface area contributed by atoms with Gasteiger partial charge in [-0.25, -0.2) is 0 Å². The van der Waals surface area contributed by atoms with Crippen molar-refractivity contribution in [3.8, 4) is 11.1 Å². The highest BCUT2D eigenvalue weighted by Gasteiger charge is 2.28. The average molecular weight is 357 g/mol. The normalized spacial score (nSPS) is 14.0. The molecule has 0 fully saturated rings. The number of nitrogens with two attached hydrogens (primary N) is 1. The van der Waals surface area contributed by atoms with Crippen LogP contribution in [0.15, 0.2) is 35.4 Å². The van der Waals surface area contributed by atoms with Gasteiger partial charge >= 0.3 is 0 Å². The summed E-state index contributed by atoms with van der Waals surface area (Å²) < 4.78 is 0. The second-order valence-corrected chi connectivity index (χ2v) is 6.16. The molecule has 0 aromatic heterocycles. The molecule has 1 aliphatic rings. The van der Waals surface area contributed by atoms with Crippen LogP contribution in [0.25, 0.3) is 11.1 Å². The summed E-state index contributed by atoms with van der Waals surface area (Å²) in [5.41, 5.74) is 12.2. The van der Waals surface area contributed by atoms with Crippen molar-refractivity contribution < 1.29 is 0 Å². The molecule has 0 bridgehead atoms. The Morgan fingerprint density at radius 1 is 1.00 bits per heavy atom. The first-order chi connectivity index (χ1) is 9.97. The summed E-state index contributed by atoms with van der Waals surface area (Å²) in [5.74, 6) is 0. The fourth-order valence-electron chi connectivity index (χ4n) is 2.34. The van der Waals surface area contributed by atoms with Gasteiger partial charge in [0.15, 0.2) is 5.11 Å². The first kappa shape index (κ1) is 14.6. The van der Waals surface area contributed by atoms with Gasteiger partial charge in [0.2, 0.25) is 0 Å². The Labute approximate surface area is 141 Å². The molecule has 2 aromatic carbocycles. The molecular weight excluding hydrogens is 349 g/mol. The van der Waals surface area contributed by atoms with E-state index in [1.165, 1.54) is 0 Å². The van der Waals surface area contributed by atoms with E-state index in [0.29, 0.717) is 20.8 Å². The van der Waals surface area contributed by atoms with Crippen LogP contribution in [0.2, 0.25) is 15.1 Å². The maximum Gasteiger partial charge on any atom is 0.184 e. The van der Waals surface area contributed by atoms with Gasteiger partial charge in [-0.2, -0.15) is 5.10 Å². The van der Waals surface area contributed by atoms with E-state index < -0.39 is 0 Å². The Bertz CT molecular complexity index is 802. The minimum Gasteiger partial charge on any atom is -0.375 e. The van der Waals surface area contributed by atoms with E-state index in [9.17, 15) is 0 Å². The number of rotatable bonds is 1. The maximum absolute atomic E-state index is 6.33. The van der Waals surface area contributed by atoms with Crippen molar-refractivity contribution in [2.24, 2.45) is 10.8 Å². The zero-order chi connectivity index (χ0) is 15.1. The molecule has 0 unspecified atom stereocenters. The van der Waals surface area contributed by atoms with Crippen molar-refractivity contribution in [2.45, 2.75) is 0 Å². The number of nitrogens with one attached hydrogen (secondary N) is 1. The third-order valence-electron chi connectivity index (χ3n) is 3.09. The lowest BCUT2D eigenvalue weighted by molar-refractivity contribution is 1.03. The minimum absolute atomic E-state index is 0.0765. The van der Waals surface area contributed by atoms with Gasteiger partial charge in [-0.1, -0.05) is 40.9 Å².